The SMILES string of the molecule is CC(C(=O)NCC(F)(F)C(F)(F)F)C(=O)N[C@H]1CN(C(=O)OCC2CC2)c2ccccc2N(CC(F)(F)F)C1=O. The Morgan fingerprint density at radius 2 is 1.60 bits per heavy atom. The van der Waals surface area contributed by atoms with Gasteiger partial charge in [0, 0.05) is 0 Å². The first-order valence-electron chi connectivity index (χ1n) is 11.9. The third-order valence-corrected chi connectivity index (χ3v) is 6.09. The van der Waals surface area contributed by atoms with Crippen molar-refractivity contribution < 1.29 is 59.0 Å². The monoisotopic (exact) mass is 588 g/mol. The molecular weight excluding hydrogens is 564 g/mol. The van der Waals surface area contributed by atoms with Crippen LogP contribution in [0.4, 0.5) is 51.3 Å². The highest BCUT2D eigenvalue weighted by molar-refractivity contribution is 6.08. The predicted molar refractivity (Wildman–Crippen MR) is 121 cm³/mol. The van der Waals surface area contributed by atoms with Crippen LogP contribution in [0.25, 0.3) is 0 Å². The average Bonchev–Trinajstić information content (AvgIpc) is 3.69. The number of anilines is 2. The lowest BCUT2D eigenvalue weighted by atomic mass is 10.1. The van der Waals surface area contributed by atoms with Gasteiger partial charge in [0.15, 0.2) is 0 Å². The van der Waals surface area contributed by atoms with E-state index in [1.807, 2.05) is 5.32 Å². The molecule has 2 atom stereocenters. The van der Waals surface area contributed by atoms with Gasteiger partial charge in [-0.25, -0.2) is 4.79 Å². The minimum Gasteiger partial charge on any atom is -0.449 e. The molecule has 1 aliphatic carbocycles. The molecule has 9 nitrogen and oxygen atoms in total. The zero-order chi connectivity index (χ0) is 30.0. The highest BCUT2D eigenvalue weighted by Gasteiger charge is 2.57. The fourth-order valence-corrected chi connectivity index (χ4v) is 3.63. The molecule has 0 radical (unpaired) electrons. The minimum absolute atomic E-state index is 0.00844. The van der Waals surface area contributed by atoms with Gasteiger partial charge in [0.25, 0.3) is 5.91 Å². The molecular formula is C23H24F8N4O5. The molecule has 0 spiro atoms. The first kappa shape index (κ1) is 30.9. The van der Waals surface area contributed by atoms with E-state index in [2.05, 4.69) is 0 Å². The van der Waals surface area contributed by atoms with E-state index in [-0.39, 0.29) is 28.8 Å². The third-order valence-electron chi connectivity index (χ3n) is 6.09. The van der Waals surface area contributed by atoms with Gasteiger partial charge in [-0.3, -0.25) is 24.2 Å². The molecule has 3 rings (SSSR count). The molecule has 4 amide bonds. The zero-order valence-corrected chi connectivity index (χ0v) is 20.7. The number of hydrogen-bond acceptors (Lipinski definition) is 5. The van der Waals surface area contributed by atoms with Crippen LogP contribution in [-0.4, -0.2) is 74.4 Å². The van der Waals surface area contributed by atoms with E-state index in [9.17, 15) is 54.3 Å². The molecule has 1 fully saturated rings. The van der Waals surface area contributed by atoms with E-state index < -0.39 is 73.7 Å². The number of nitrogens with zero attached hydrogens (tertiary/aromatic N) is 2. The van der Waals surface area contributed by atoms with Crippen molar-refractivity contribution in [1.82, 2.24) is 10.6 Å². The van der Waals surface area contributed by atoms with Gasteiger partial charge in [0.1, 0.15) is 18.5 Å². The predicted octanol–water partition coefficient (Wildman–Crippen LogP) is 3.38. The molecule has 1 aromatic rings. The Balaban J connectivity index is 1.84. The van der Waals surface area contributed by atoms with Gasteiger partial charge in [0.05, 0.1) is 31.1 Å². The molecule has 0 aromatic heterocycles. The summed E-state index contributed by atoms with van der Waals surface area (Å²) in [5.41, 5.74) is -0.470. The molecule has 222 valence electrons. The van der Waals surface area contributed by atoms with Gasteiger partial charge in [0.2, 0.25) is 11.8 Å². The van der Waals surface area contributed by atoms with Crippen LogP contribution in [0, 0.1) is 11.8 Å². The van der Waals surface area contributed by atoms with Crippen molar-refractivity contribution in [2.24, 2.45) is 11.8 Å². The number of ether oxygens (including phenoxy) is 1. The Morgan fingerprint density at radius 3 is 2.15 bits per heavy atom. The second-order valence-electron chi connectivity index (χ2n) is 9.36. The van der Waals surface area contributed by atoms with E-state index in [0.29, 0.717) is 0 Å². The first-order chi connectivity index (χ1) is 18.4. The topological polar surface area (TPSA) is 108 Å². The number of fused-ring (bicyclic) bond motifs is 1. The maximum Gasteiger partial charge on any atom is 0.455 e. The number of alkyl halides is 8. The van der Waals surface area contributed by atoms with Gasteiger partial charge in [-0.1, -0.05) is 12.1 Å². The van der Waals surface area contributed by atoms with E-state index in [1.54, 1.807) is 0 Å². The second-order valence-corrected chi connectivity index (χ2v) is 9.36. The van der Waals surface area contributed by atoms with Crippen LogP contribution in [0.2, 0.25) is 0 Å². The summed E-state index contributed by atoms with van der Waals surface area (Å²) in [6.45, 7) is -3.90. The van der Waals surface area contributed by atoms with Gasteiger partial charge < -0.3 is 15.4 Å². The molecule has 1 heterocycles. The Morgan fingerprint density at radius 1 is 1.00 bits per heavy atom. The number of benzene rings is 1. The second kappa shape index (κ2) is 11.4. The lowest BCUT2D eigenvalue weighted by Gasteiger charge is -2.27. The number of nitrogens with one attached hydrogen (secondary N) is 2. The standard InChI is InChI=1S/C23H24F8N4O5/c1-12(17(36)32-10-21(24,25)23(29,30)31)18(37)33-14-8-34(20(39)40-9-13-6-7-13)15-4-2-3-5-16(15)35(19(14)38)11-22(26,27)28/h2-5,12-14H,6-11H2,1H3,(H,32,36)(H,33,37)/t12?,14-/m0/s1. The van der Waals surface area contributed by atoms with Crippen molar-refractivity contribution in [2.45, 2.75) is 44.1 Å². The molecule has 2 N–H and O–H groups in total. The smallest absolute Gasteiger partial charge is 0.449 e. The number of carbonyl (C=O) groups is 4. The number of hydrogen-bond donors (Lipinski definition) is 2. The summed E-state index contributed by atoms with van der Waals surface area (Å²) in [5, 5.41) is 3.30. The maximum atomic E-state index is 13.4. The molecule has 1 saturated carbocycles. The lowest BCUT2D eigenvalue weighted by Crippen LogP contribution is -2.56. The van der Waals surface area contributed by atoms with Crippen molar-refractivity contribution in [3.63, 3.8) is 0 Å². The summed E-state index contributed by atoms with van der Waals surface area (Å²) in [7, 11) is 0. The van der Waals surface area contributed by atoms with Gasteiger partial charge >= 0.3 is 24.4 Å². The molecule has 17 heteroatoms. The molecule has 1 aliphatic heterocycles. The molecule has 0 saturated heterocycles. The average molecular weight is 588 g/mol. The van der Waals surface area contributed by atoms with Gasteiger partial charge in [-0.05, 0) is 37.8 Å². The molecule has 1 unspecified atom stereocenters. The normalized spacial score (nSPS) is 18.9. The molecule has 2 aliphatic rings. The number of para-hydroxylation sites is 2. The van der Waals surface area contributed by atoms with Gasteiger partial charge in [-0.2, -0.15) is 35.1 Å². The summed E-state index contributed by atoms with van der Waals surface area (Å²) in [5.74, 6) is -11.4. The van der Waals surface area contributed by atoms with Crippen LogP contribution in [0.3, 0.4) is 0 Å². The van der Waals surface area contributed by atoms with E-state index in [0.717, 1.165) is 30.7 Å². The fourth-order valence-electron chi connectivity index (χ4n) is 3.63. The lowest BCUT2D eigenvalue weighted by molar-refractivity contribution is -0.278. The summed E-state index contributed by atoms with van der Waals surface area (Å²) >= 11 is 0. The highest BCUT2D eigenvalue weighted by atomic mass is 19.4. The van der Waals surface area contributed by atoms with Crippen LogP contribution in [0.1, 0.15) is 19.8 Å². The number of amides is 4. The first-order valence-corrected chi connectivity index (χ1v) is 11.9. The van der Waals surface area contributed by atoms with E-state index >= 15 is 0 Å². The summed E-state index contributed by atoms with van der Waals surface area (Å²) in [4.78, 5) is 52.0. The molecule has 0 bridgehead atoms. The summed E-state index contributed by atoms with van der Waals surface area (Å²) in [6, 6.07) is 3.21. The number of halogens is 8. The van der Waals surface area contributed by atoms with E-state index in [4.69, 9.17) is 4.74 Å². The third kappa shape index (κ3) is 7.50. The van der Waals surface area contributed by atoms with Crippen LogP contribution >= 0.6 is 0 Å². The summed E-state index contributed by atoms with van der Waals surface area (Å²) < 4.78 is 109. The van der Waals surface area contributed by atoms with Crippen LogP contribution in [0.15, 0.2) is 24.3 Å². The fraction of sp³-hybridized carbons (Fsp3) is 0.565. The number of carbonyl (C=O) groups excluding carboxylic acids is 4. The summed E-state index contributed by atoms with van der Waals surface area (Å²) in [6.07, 6.45) is -10.3. The van der Waals surface area contributed by atoms with Crippen molar-refractivity contribution in [2.75, 3.05) is 36.0 Å². The van der Waals surface area contributed by atoms with Crippen molar-refractivity contribution in [3.05, 3.63) is 24.3 Å². The van der Waals surface area contributed by atoms with Crippen LogP contribution < -0.4 is 20.4 Å². The highest BCUT2D eigenvalue weighted by Crippen LogP contribution is 2.36. The Kier molecular flexibility index (Phi) is 8.84. The van der Waals surface area contributed by atoms with Crippen molar-refractivity contribution in [3.8, 4) is 0 Å². The molecule has 1 aromatic carbocycles. The number of rotatable bonds is 8. The van der Waals surface area contributed by atoms with Crippen LogP contribution in [0.5, 0.6) is 0 Å². The Hall–Kier alpha value is -3.66. The quantitative estimate of drug-likeness (QED) is 0.358. The zero-order valence-electron chi connectivity index (χ0n) is 20.7. The van der Waals surface area contributed by atoms with Gasteiger partial charge in [-0.15, -0.1) is 0 Å². The molecule has 40 heavy (non-hydrogen) atoms. The van der Waals surface area contributed by atoms with Crippen molar-refractivity contribution in [1.29, 1.82) is 0 Å². The minimum atomic E-state index is -5.98. The van der Waals surface area contributed by atoms with Crippen LogP contribution in [-0.2, 0) is 19.1 Å². The Bertz CT molecular complexity index is 1140. The van der Waals surface area contributed by atoms with Crippen molar-refractivity contribution >= 4 is 35.2 Å². The Labute approximate surface area is 221 Å². The largest absolute Gasteiger partial charge is 0.455 e. The maximum absolute atomic E-state index is 13.4. The van der Waals surface area contributed by atoms with E-state index in [1.165, 1.54) is 23.5 Å².